The summed E-state index contributed by atoms with van der Waals surface area (Å²) in [4.78, 5) is 14.6. The number of Topliss-reactive ketones (excluding diaryl/α,β-unsaturated/α-hetero) is 1. The molecule has 0 spiro atoms. The summed E-state index contributed by atoms with van der Waals surface area (Å²) >= 11 is 1.65. The Bertz CT molecular complexity index is 666. The average molecular weight is 341 g/mol. The van der Waals surface area contributed by atoms with E-state index >= 15 is 0 Å². The third-order valence-corrected chi connectivity index (χ3v) is 4.76. The van der Waals surface area contributed by atoms with Crippen molar-refractivity contribution in [1.82, 2.24) is 0 Å². The summed E-state index contributed by atoms with van der Waals surface area (Å²) < 4.78 is 0. The summed E-state index contributed by atoms with van der Waals surface area (Å²) in [6, 6.07) is 17.5. The zero-order valence-electron chi connectivity index (χ0n) is 13.9. The maximum Gasteiger partial charge on any atom is 0.210 e. The molecule has 0 fully saturated rings. The molecule has 0 radical (unpaired) electrons. The van der Waals surface area contributed by atoms with Crippen LogP contribution >= 0.6 is 11.8 Å². The number of nitrogens with zero attached hydrogens (tertiary/aromatic N) is 1. The minimum absolute atomic E-state index is 0.190. The molecule has 0 aliphatic heterocycles. The minimum Gasteiger partial charge on any atom is -0.411 e. The Labute approximate surface area is 147 Å². The van der Waals surface area contributed by atoms with Crippen molar-refractivity contribution in [1.29, 1.82) is 0 Å². The monoisotopic (exact) mass is 341 g/mol. The second kappa shape index (κ2) is 9.93. The fourth-order valence-electron chi connectivity index (χ4n) is 2.39. The van der Waals surface area contributed by atoms with E-state index < -0.39 is 0 Å². The zero-order valence-corrected chi connectivity index (χ0v) is 14.8. The molecule has 0 bridgehead atoms. The van der Waals surface area contributed by atoms with Gasteiger partial charge in [-0.05, 0) is 49.2 Å². The maximum absolute atomic E-state index is 12.4. The van der Waals surface area contributed by atoms with Crippen LogP contribution < -0.4 is 0 Å². The molecule has 0 aliphatic carbocycles. The van der Waals surface area contributed by atoms with Crippen molar-refractivity contribution in [2.75, 3.05) is 0 Å². The van der Waals surface area contributed by atoms with Gasteiger partial charge in [0.1, 0.15) is 5.71 Å². The van der Waals surface area contributed by atoms with Crippen LogP contribution in [0.25, 0.3) is 0 Å². The van der Waals surface area contributed by atoms with Gasteiger partial charge in [-0.3, -0.25) is 4.79 Å². The molecule has 0 amide bonds. The highest BCUT2D eigenvalue weighted by Crippen LogP contribution is 2.27. The summed E-state index contributed by atoms with van der Waals surface area (Å²) in [5, 5.41) is 12.3. The lowest BCUT2D eigenvalue weighted by Gasteiger charge is -2.06. The van der Waals surface area contributed by atoms with E-state index in [-0.39, 0.29) is 11.5 Å². The minimum atomic E-state index is -0.190. The first-order chi connectivity index (χ1) is 11.7. The summed E-state index contributed by atoms with van der Waals surface area (Å²) in [5.74, 6) is -0.190. The standard InChI is InChI=1S/C20H23NO2S/c1-2-3-4-8-11-19(21-23)20(22)16-12-14-18(15-13-16)24-17-9-6-5-7-10-17/h5-7,9-10,12-15,23H,2-4,8,11H2,1H3. The van der Waals surface area contributed by atoms with Gasteiger partial charge in [-0.1, -0.05) is 61.3 Å². The van der Waals surface area contributed by atoms with Gasteiger partial charge < -0.3 is 5.21 Å². The van der Waals surface area contributed by atoms with E-state index in [1.807, 2.05) is 30.3 Å². The van der Waals surface area contributed by atoms with Crippen LogP contribution in [-0.2, 0) is 0 Å². The summed E-state index contributed by atoms with van der Waals surface area (Å²) in [6.07, 6.45) is 4.73. The van der Waals surface area contributed by atoms with Gasteiger partial charge in [-0.15, -0.1) is 0 Å². The van der Waals surface area contributed by atoms with Crippen LogP contribution in [0.15, 0.2) is 69.5 Å². The Morgan fingerprint density at radius 1 is 0.958 bits per heavy atom. The topological polar surface area (TPSA) is 49.7 Å². The SMILES string of the molecule is CCCCCCC(=NO)C(=O)c1ccc(Sc2ccccc2)cc1. The molecule has 2 aromatic carbocycles. The number of ketones is 1. The van der Waals surface area contributed by atoms with Gasteiger partial charge in [0.15, 0.2) is 0 Å². The van der Waals surface area contributed by atoms with Crippen LogP contribution in [0.3, 0.4) is 0 Å². The van der Waals surface area contributed by atoms with Crippen molar-refractivity contribution < 1.29 is 10.0 Å². The zero-order chi connectivity index (χ0) is 17.2. The van der Waals surface area contributed by atoms with E-state index in [9.17, 15) is 4.79 Å². The largest absolute Gasteiger partial charge is 0.411 e. The van der Waals surface area contributed by atoms with Crippen LogP contribution in [-0.4, -0.2) is 16.7 Å². The molecule has 2 aromatic rings. The van der Waals surface area contributed by atoms with Gasteiger partial charge in [0.05, 0.1) is 0 Å². The lowest BCUT2D eigenvalue weighted by atomic mass is 10.0. The number of carbonyl (C=O) groups excluding carboxylic acids is 1. The molecule has 0 aliphatic rings. The third kappa shape index (κ3) is 5.53. The summed E-state index contributed by atoms with van der Waals surface area (Å²) in [6.45, 7) is 2.14. The fraction of sp³-hybridized carbons (Fsp3) is 0.300. The van der Waals surface area contributed by atoms with Gasteiger partial charge >= 0.3 is 0 Å². The second-order valence-electron chi connectivity index (χ2n) is 5.63. The number of hydrogen-bond donors (Lipinski definition) is 1. The van der Waals surface area contributed by atoms with Crippen molar-refractivity contribution in [3.63, 3.8) is 0 Å². The first-order valence-electron chi connectivity index (χ1n) is 8.33. The molecule has 0 aromatic heterocycles. The van der Waals surface area contributed by atoms with Gasteiger partial charge in [-0.25, -0.2) is 0 Å². The van der Waals surface area contributed by atoms with E-state index in [1.54, 1.807) is 23.9 Å². The van der Waals surface area contributed by atoms with Crippen LogP contribution in [0.2, 0.25) is 0 Å². The molecular formula is C20H23NO2S. The molecule has 0 atom stereocenters. The first-order valence-corrected chi connectivity index (χ1v) is 9.15. The van der Waals surface area contributed by atoms with E-state index in [4.69, 9.17) is 5.21 Å². The number of rotatable bonds is 9. The van der Waals surface area contributed by atoms with E-state index in [1.165, 1.54) is 0 Å². The van der Waals surface area contributed by atoms with Gasteiger partial charge in [0.25, 0.3) is 0 Å². The predicted octanol–water partition coefficient (Wildman–Crippen LogP) is 5.82. The van der Waals surface area contributed by atoms with Crippen molar-refractivity contribution in [2.24, 2.45) is 5.16 Å². The van der Waals surface area contributed by atoms with Crippen molar-refractivity contribution in [3.8, 4) is 0 Å². The molecule has 4 heteroatoms. The van der Waals surface area contributed by atoms with E-state index in [2.05, 4.69) is 24.2 Å². The van der Waals surface area contributed by atoms with Crippen LogP contribution in [0.5, 0.6) is 0 Å². The lowest BCUT2D eigenvalue weighted by Crippen LogP contribution is -2.14. The Morgan fingerprint density at radius 3 is 2.25 bits per heavy atom. The van der Waals surface area contributed by atoms with Crippen LogP contribution in [0.1, 0.15) is 49.4 Å². The highest BCUT2D eigenvalue weighted by atomic mass is 32.2. The Kier molecular flexibility index (Phi) is 7.56. The number of carbonyl (C=O) groups is 1. The van der Waals surface area contributed by atoms with Crippen LogP contribution in [0, 0.1) is 0 Å². The quantitative estimate of drug-likeness (QED) is 0.205. The van der Waals surface area contributed by atoms with Gasteiger partial charge in [0, 0.05) is 15.4 Å². The highest BCUT2D eigenvalue weighted by Gasteiger charge is 2.14. The predicted molar refractivity (Wildman–Crippen MR) is 99.3 cm³/mol. The normalized spacial score (nSPS) is 11.5. The van der Waals surface area contributed by atoms with Crippen molar-refractivity contribution in [3.05, 3.63) is 60.2 Å². The van der Waals surface area contributed by atoms with Crippen molar-refractivity contribution >= 4 is 23.3 Å². The molecule has 24 heavy (non-hydrogen) atoms. The molecule has 126 valence electrons. The molecule has 0 unspecified atom stereocenters. The molecule has 0 heterocycles. The van der Waals surface area contributed by atoms with Crippen LogP contribution in [0.4, 0.5) is 0 Å². The van der Waals surface area contributed by atoms with Crippen molar-refractivity contribution in [2.45, 2.75) is 48.8 Å². The second-order valence-corrected chi connectivity index (χ2v) is 6.77. The summed E-state index contributed by atoms with van der Waals surface area (Å²) in [7, 11) is 0. The first kappa shape index (κ1) is 18.3. The molecule has 0 saturated carbocycles. The molecule has 0 saturated heterocycles. The number of hydrogen-bond acceptors (Lipinski definition) is 4. The third-order valence-electron chi connectivity index (χ3n) is 3.75. The fourth-order valence-corrected chi connectivity index (χ4v) is 3.23. The molecule has 2 rings (SSSR count). The Hall–Kier alpha value is -2.07. The van der Waals surface area contributed by atoms with Gasteiger partial charge in [0.2, 0.25) is 5.78 Å². The lowest BCUT2D eigenvalue weighted by molar-refractivity contribution is 0.105. The smallest absolute Gasteiger partial charge is 0.210 e. The van der Waals surface area contributed by atoms with E-state index in [0.29, 0.717) is 12.0 Å². The Morgan fingerprint density at radius 2 is 1.62 bits per heavy atom. The molecule has 3 nitrogen and oxygen atoms in total. The highest BCUT2D eigenvalue weighted by molar-refractivity contribution is 7.99. The number of benzene rings is 2. The van der Waals surface area contributed by atoms with E-state index in [0.717, 1.165) is 35.5 Å². The Balaban J connectivity index is 1.97. The maximum atomic E-state index is 12.4. The average Bonchev–Trinajstić information content (AvgIpc) is 2.63. The number of oxime groups is 1. The van der Waals surface area contributed by atoms with Gasteiger partial charge in [-0.2, -0.15) is 0 Å². The molecular weight excluding hydrogens is 318 g/mol. The number of unbranched alkanes of at least 4 members (excludes halogenated alkanes) is 3. The molecule has 1 N–H and O–H groups in total. The summed E-state index contributed by atoms with van der Waals surface area (Å²) in [5.41, 5.74) is 0.810.